The van der Waals surface area contributed by atoms with Crippen molar-refractivity contribution in [3.63, 3.8) is 0 Å². The number of piperidine rings is 1. The number of nitrogens with zero attached hydrogens (tertiary/aromatic N) is 1. The molecule has 128 valence electrons. The Morgan fingerprint density at radius 1 is 1.42 bits per heavy atom. The highest BCUT2D eigenvalue weighted by Gasteiger charge is 2.68. The molecule has 1 fully saturated rings. The van der Waals surface area contributed by atoms with Gasteiger partial charge in [0.05, 0.1) is 12.5 Å². The van der Waals surface area contributed by atoms with Crippen LogP contribution in [0.1, 0.15) is 24.5 Å². The standard InChI is InChI=1S/C19H23NO4/c1-11-5-6-14(23-4)16-15(11)18-9-10-20(3)12(2)19(18,22)8-7-13(21)17(18)24-16/h5-8,12,17,22H,9-10H2,1-4H3. The number of aryl methyl sites for hydroxylation is 1. The zero-order chi connectivity index (χ0) is 17.3. The smallest absolute Gasteiger partial charge is 0.196 e. The summed E-state index contributed by atoms with van der Waals surface area (Å²) in [6.07, 6.45) is 3.12. The first kappa shape index (κ1) is 15.7. The van der Waals surface area contributed by atoms with Crippen molar-refractivity contribution in [3.8, 4) is 11.5 Å². The molecule has 2 heterocycles. The average Bonchev–Trinajstić information content (AvgIpc) is 2.93. The lowest BCUT2D eigenvalue weighted by Crippen LogP contribution is -2.71. The van der Waals surface area contributed by atoms with Crippen LogP contribution in [0.3, 0.4) is 0 Å². The van der Waals surface area contributed by atoms with Gasteiger partial charge in [0.2, 0.25) is 0 Å². The summed E-state index contributed by atoms with van der Waals surface area (Å²) in [5.74, 6) is 1.13. The Labute approximate surface area is 141 Å². The van der Waals surface area contributed by atoms with Crippen molar-refractivity contribution in [2.24, 2.45) is 0 Å². The fraction of sp³-hybridized carbons (Fsp3) is 0.526. The van der Waals surface area contributed by atoms with E-state index in [-0.39, 0.29) is 11.8 Å². The van der Waals surface area contributed by atoms with E-state index in [0.29, 0.717) is 17.9 Å². The lowest BCUT2D eigenvalue weighted by atomic mass is 9.55. The number of rotatable bonds is 1. The molecule has 1 aliphatic carbocycles. The third-order valence-electron chi connectivity index (χ3n) is 6.31. The highest BCUT2D eigenvalue weighted by atomic mass is 16.5. The molecule has 0 aromatic heterocycles. The molecule has 24 heavy (non-hydrogen) atoms. The van der Waals surface area contributed by atoms with E-state index in [0.717, 1.165) is 17.7 Å². The normalized spacial score (nSPS) is 37.5. The number of carbonyl (C=O) groups is 1. The molecule has 5 nitrogen and oxygen atoms in total. The molecule has 0 bridgehead atoms. The van der Waals surface area contributed by atoms with Gasteiger partial charge in [0.1, 0.15) is 5.60 Å². The fourth-order valence-electron chi connectivity index (χ4n) is 4.85. The number of likely N-dealkylation sites (N-methyl/N-ethyl adjacent to an activating group) is 1. The van der Waals surface area contributed by atoms with Crippen LogP contribution in [0.2, 0.25) is 0 Å². The quantitative estimate of drug-likeness (QED) is 0.848. The lowest BCUT2D eigenvalue weighted by molar-refractivity contribution is -0.146. The van der Waals surface area contributed by atoms with Gasteiger partial charge in [-0.2, -0.15) is 0 Å². The summed E-state index contributed by atoms with van der Waals surface area (Å²) in [6.45, 7) is 4.80. The van der Waals surface area contributed by atoms with Gasteiger partial charge in [-0.25, -0.2) is 0 Å². The van der Waals surface area contributed by atoms with Gasteiger partial charge in [-0.1, -0.05) is 6.07 Å². The summed E-state index contributed by atoms with van der Waals surface area (Å²) in [5.41, 5.74) is 0.0122. The number of ketones is 1. The monoisotopic (exact) mass is 329 g/mol. The minimum Gasteiger partial charge on any atom is -0.493 e. The van der Waals surface area contributed by atoms with Crippen molar-refractivity contribution in [3.05, 3.63) is 35.4 Å². The zero-order valence-corrected chi connectivity index (χ0v) is 14.5. The van der Waals surface area contributed by atoms with Crippen molar-refractivity contribution in [1.29, 1.82) is 0 Å². The highest BCUT2D eigenvalue weighted by Crippen LogP contribution is 2.60. The summed E-state index contributed by atoms with van der Waals surface area (Å²) in [7, 11) is 3.60. The van der Waals surface area contributed by atoms with E-state index in [1.807, 2.05) is 33.0 Å². The van der Waals surface area contributed by atoms with Crippen LogP contribution < -0.4 is 9.47 Å². The van der Waals surface area contributed by atoms with E-state index in [4.69, 9.17) is 9.47 Å². The molecule has 1 spiro atoms. The van der Waals surface area contributed by atoms with Crippen molar-refractivity contribution in [2.45, 2.75) is 43.4 Å². The molecule has 5 heteroatoms. The summed E-state index contributed by atoms with van der Waals surface area (Å²) in [5, 5.41) is 11.7. The summed E-state index contributed by atoms with van der Waals surface area (Å²) in [6, 6.07) is 3.71. The van der Waals surface area contributed by atoms with Crippen molar-refractivity contribution in [2.75, 3.05) is 20.7 Å². The first-order chi connectivity index (χ1) is 11.4. The maximum absolute atomic E-state index is 12.7. The van der Waals surface area contributed by atoms with Gasteiger partial charge < -0.3 is 19.5 Å². The molecule has 4 unspecified atom stereocenters. The first-order valence-corrected chi connectivity index (χ1v) is 8.37. The van der Waals surface area contributed by atoms with E-state index >= 15 is 0 Å². The number of carbonyl (C=O) groups excluding carboxylic acids is 1. The topological polar surface area (TPSA) is 59.0 Å². The van der Waals surface area contributed by atoms with E-state index in [9.17, 15) is 9.90 Å². The molecule has 1 aromatic carbocycles. The number of methoxy groups -OCH3 is 1. The van der Waals surface area contributed by atoms with E-state index in [2.05, 4.69) is 4.90 Å². The molecule has 0 radical (unpaired) electrons. The minimum absolute atomic E-state index is 0.0888. The number of fused-ring (bicyclic) bond motifs is 1. The third-order valence-corrected chi connectivity index (χ3v) is 6.31. The maximum Gasteiger partial charge on any atom is 0.196 e. The van der Waals surface area contributed by atoms with Crippen molar-refractivity contribution < 1.29 is 19.4 Å². The third kappa shape index (κ3) is 1.59. The number of ether oxygens (including phenoxy) is 2. The van der Waals surface area contributed by atoms with Crippen LogP contribution in [0, 0.1) is 6.92 Å². The first-order valence-electron chi connectivity index (χ1n) is 8.37. The number of hydrogen-bond acceptors (Lipinski definition) is 5. The average molecular weight is 329 g/mol. The summed E-state index contributed by atoms with van der Waals surface area (Å²) in [4.78, 5) is 14.8. The van der Waals surface area contributed by atoms with Crippen LogP contribution in [0.4, 0.5) is 0 Å². The van der Waals surface area contributed by atoms with Gasteiger partial charge >= 0.3 is 0 Å². The Hall–Kier alpha value is -1.85. The van der Waals surface area contributed by atoms with E-state index < -0.39 is 17.1 Å². The molecular formula is C19H23NO4. The Morgan fingerprint density at radius 2 is 2.17 bits per heavy atom. The number of hydrogen-bond donors (Lipinski definition) is 1. The largest absolute Gasteiger partial charge is 0.493 e. The van der Waals surface area contributed by atoms with Crippen molar-refractivity contribution >= 4 is 5.78 Å². The van der Waals surface area contributed by atoms with Gasteiger partial charge in [-0.3, -0.25) is 4.79 Å². The van der Waals surface area contributed by atoms with Gasteiger partial charge in [0, 0.05) is 11.6 Å². The second-order valence-electron chi connectivity index (χ2n) is 7.23. The van der Waals surface area contributed by atoms with Crippen LogP contribution in [-0.2, 0) is 10.2 Å². The number of benzene rings is 1. The predicted octanol–water partition coefficient (Wildman–Crippen LogP) is 1.60. The Kier molecular flexibility index (Phi) is 3.15. The van der Waals surface area contributed by atoms with Crippen molar-refractivity contribution in [1.82, 2.24) is 4.90 Å². The van der Waals surface area contributed by atoms with Gasteiger partial charge in [0.15, 0.2) is 23.4 Å². The van der Waals surface area contributed by atoms with Crippen LogP contribution in [-0.4, -0.2) is 54.2 Å². The van der Waals surface area contributed by atoms with Gasteiger partial charge in [-0.15, -0.1) is 0 Å². The Morgan fingerprint density at radius 3 is 2.88 bits per heavy atom. The summed E-state index contributed by atoms with van der Waals surface area (Å²) >= 11 is 0. The molecule has 1 aromatic rings. The SMILES string of the molecule is COc1ccc(C)c2c1OC1C(=O)C=CC3(O)C(C)N(C)CCC213. The molecule has 1 saturated heterocycles. The molecule has 2 aliphatic heterocycles. The van der Waals surface area contributed by atoms with E-state index in [1.165, 1.54) is 6.08 Å². The molecule has 4 rings (SSSR count). The Bertz CT molecular complexity index is 758. The van der Waals surface area contributed by atoms with Gasteiger partial charge in [-0.05, 0) is 57.6 Å². The van der Waals surface area contributed by atoms with Crippen LogP contribution in [0.15, 0.2) is 24.3 Å². The van der Waals surface area contributed by atoms with E-state index in [1.54, 1.807) is 13.2 Å². The molecule has 0 amide bonds. The predicted molar refractivity (Wildman–Crippen MR) is 89.6 cm³/mol. The van der Waals surface area contributed by atoms with Gasteiger partial charge in [0.25, 0.3) is 0 Å². The number of aliphatic hydroxyl groups is 1. The molecule has 4 atom stereocenters. The molecule has 3 aliphatic rings. The maximum atomic E-state index is 12.7. The highest BCUT2D eigenvalue weighted by molar-refractivity contribution is 5.98. The minimum atomic E-state index is -1.17. The van der Waals surface area contributed by atoms with Crippen LogP contribution in [0.5, 0.6) is 11.5 Å². The van der Waals surface area contributed by atoms with Crippen LogP contribution >= 0.6 is 0 Å². The number of likely N-dealkylation sites (tertiary alicyclic amines) is 1. The second kappa shape index (κ2) is 4.83. The molecular weight excluding hydrogens is 306 g/mol. The fourth-order valence-corrected chi connectivity index (χ4v) is 4.85. The summed E-state index contributed by atoms with van der Waals surface area (Å²) < 4.78 is 11.6. The Balaban J connectivity index is 2.05. The van der Waals surface area contributed by atoms with Crippen LogP contribution in [0.25, 0.3) is 0 Å². The molecule has 1 N–H and O–H groups in total. The lowest BCUT2D eigenvalue weighted by Gasteiger charge is -2.56. The second-order valence-corrected chi connectivity index (χ2v) is 7.23. The molecule has 0 saturated carbocycles. The zero-order valence-electron chi connectivity index (χ0n) is 14.5.